The lowest BCUT2D eigenvalue weighted by Gasteiger charge is -2.08. The van der Waals surface area contributed by atoms with Gasteiger partial charge < -0.3 is 11.1 Å². The second-order valence-corrected chi connectivity index (χ2v) is 4.20. The molecule has 0 unspecified atom stereocenters. The third kappa shape index (κ3) is 3.28. The molecule has 0 aliphatic carbocycles. The van der Waals surface area contributed by atoms with Crippen molar-refractivity contribution in [3.63, 3.8) is 0 Å². The Morgan fingerprint density at radius 1 is 1.05 bits per heavy atom. The maximum atomic E-state index is 13.4. The third-order valence-corrected chi connectivity index (χ3v) is 2.64. The Labute approximate surface area is 113 Å². The van der Waals surface area contributed by atoms with Crippen LogP contribution in [0.5, 0.6) is 0 Å². The molecule has 6 heteroatoms. The number of nitrogens with one attached hydrogen (secondary N) is 1. The van der Waals surface area contributed by atoms with Gasteiger partial charge in [-0.15, -0.1) is 0 Å². The lowest BCUT2D eigenvalue weighted by atomic mass is 10.1. The first-order valence-electron chi connectivity index (χ1n) is 5.74. The Morgan fingerprint density at radius 2 is 1.70 bits per heavy atom. The van der Waals surface area contributed by atoms with Crippen molar-refractivity contribution in [3.05, 3.63) is 59.4 Å². The normalized spacial score (nSPS) is 10.3. The van der Waals surface area contributed by atoms with Gasteiger partial charge in [-0.3, -0.25) is 4.79 Å². The maximum Gasteiger partial charge on any atom is 0.228 e. The van der Waals surface area contributed by atoms with Gasteiger partial charge in [0.25, 0.3) is 0 Å². The summed E-state index contributed by atoms with van der Waals surface area (Å²) in [7, 11) is 0. The number of anilines is 2. The summed E-state index contributed by atoms with van der Waals surface area (Å²) >= 11 is 0. The maximum absolute atomic E-state index is 13.4. The Hall–Kier alpha value is -2.50. The van der Waals surface area contributed by atoms with E-state index in [0.29, 0.717) is 11.6 Å². The van der Waals surface area contributed by atoms with Gasteiger partial charge in [0.05, 0.1) is 17.8 Å². The summed E-state index contributed by atoms with van der Waals surface area (Å²) < 4.78 is 39.1. The fourth-order valence-corrected chi connectivity index (χ4v) is 1.64. The lowest BCUT2D eigenvalue weighted by Crippen LogP contribution is -2.15. The second kappa shape index (κ2) is 5.64. The quantitative estimate of drug-likeness (QED) is 0.849. The van der Waals surface area contributed by atoms with Crippen LogP contribution in [0.15, 0.2) is 36.4 Å². The van der Waals surface area contributed by atoms with E-state index in [0.717, 1.165) is 6.07 Å². The third-order valence-electron chi connectivity index (χ3n) is 2.64. The van der Waals surface area contributed by atoms with Crippen molar-refractivity contribution < 1.29 is 18.0 Å². The van der Waals surface area contributed by atoms with Crippen LogP contribution < -0.4 is 11.1 Å². The molecule has 0 bridgehead atoms. The molecule has 3 nitrogen and oxygen atoms in total. The van der Waals surface area contributed by atoms with Crippen molar-refractivity contribution >= 4 is 17.3 Å². The van der Waals surface area contributed by atoms with E-state index >= 15 is 0 Å². The van der Waals surface area contributed by atoms with Gasteiger partial charge in [-0.25, -0.2) is 13.2 Å². The Kier molecular flexibility index (Phi) is 3.93. The van der Waals surface area contributed by atoms with E-state index in [9.17, 15) is 18.0 Å². The number of nitrogens with two attached hydrogens (primary N) is 1. The van der Waals surface area contributed by atoms with Crippen LogP contribution in [0.2, 0.25) is 0 Å². The number of nitrogen functional groups attached to an aromatic ring is 1. The molecular formula is C14H11F3N2O. The van der Waals surface area contributed by atoms with Gasteiger partial charge in [0, 0.05) is 6.07 Å². The predicted molar refractivity (Wildman–Crippen MR) is 69.5 cm³/mol. The topological polar surface area (TPSA) is 55.1 Å². The second-order valence-electron chi connectivity index (χ2n) is 4.20. The molecule has 0 fully saturated rings. The highest BCUT2D eigenvalue weighted by molar-refractivity contribution is 5.92. The molecule has 0 radical (unpaired) electrons. The molecule has 3 N–H and O–H groups in total. The van der Waals surface area contributed by atoms with E-state index < -0.39 is 23.4 Å². The smallest absolute Gasteiger partial charge is 0.228 e. The van der Waals surface area contributed by atoms with Gasteiger partial charge in [0.15, 0.2) is 0 Å². The summed E-state index contributed by atoms with van der Waals surface area (Å²) in [5, 5.41) is 2.29. The Morgan fingerprint density at radius 3 is 2.35 bits per heavy atom. The number of rotatable bonds is 3. The van der Waals surface area contributed by atoms with Gasteiger partial charge in [-0.1, -0.05) is 12.1 Å². The lowest BCUT2D eigenvalue weighted by molar-refractivity contribution is -0.115. The molecule has 0 heterocycles. The van der Waals surface area contributed by atoms with Gasteiger partial charge in [0.1, 0.15) is 17.5 Å². The van der Waals surface area contributed by atoms with Crippen LogP contribution >= 0.6 is 0 Å². The van der Waals surface area contributed by atoms with Gasteiger partial charge in [-0.05, 0) is 23.8 Å². The van der Waals surface area contributed by atoms with Crippen LogP contribution in [-0.4, -0.2) is 5.91 Å². The highest BCUT2D eigenvalue weighted by Crippen LogP contribution is 2.21. The highest BCUT2D eigenvalue weighted by atomic mass is 19.1. The standard InChI is InChI=1S/C14H11F3N2O/c15-9-3-1-8(2-4-9)5-14(20)19-13-7-12(18)10(16)6-11(13)17/h1-4,6-7H,5,18H2,(H,19,20). The Balaban J connectivity index is 2.08. The summed E-state index contributed by atoms with van der Waals surface area (Å²) in [6.07, 6.45) is -0.0585. The van der Waals surface area contributed by atoms with E-state index in [1.807, 2.05) is 0 Å². The molecular weight excluding hydrogens is 269 g/mol. The first-order chi connectivity index (χ1) is 9.45. The molecule has 20 heavy (non-hydrogen) atoms. The van der Waals surface area contributed by atoms with Crippen molar-refractivity contribution in [3.8, 4) is 0 Å². The number of benzene rings is 2. The summed E-state index contributed by atoms with van der Waals surface area (Å²) in [5.41, 5.74) is 5.41. The molecule has 0 aliphatic heterocycles. The average molecular weight is 280 g/mol. The molecule has 0 aliphatic rings. The van der Waals surface area contributed by atoms with Crippen LogP contribution in [0.25, 0.3) is 0 Å². The number of carbonyl (C=O) groups excluding carboxylic acids is 1. The molecule has 2 aromatic rings. The summed E-state index contributed by atoms with van der Waals surface area (Å²) in [6.45, 7) is 0. The van der Waals surface area contributed by atoms with E-state index in [4.69, 9.17) is 5.73 Å². The number of halogens is 3. The zero-order valence-electron chi connectivity index (χ0n) is 10.3. The van der Waals surface area contributed by atoms with E-state index in [-0.39, 0.29) is 17.8 Å². The average Bonchev–Trinajstić information content (AvgIpc) is 2.39. The van der Waals surface area contributed by atoms with Crippen molar-refractivity contribution in [2.75, 3.05) is 11.1 Å². The summed E-state index contributed by atoms with van der Waals surface area (Å²) in [6, 6.07) is 6.95. The molecule has 1 amide bonds. The number of carbonyl (C=O) groups is 1. The summed E-state index contributed by atoms with van der Waals surface area (Å²) in [4.78, 5) is 11.7. The summed E-state index contributed by atoms with van der Waals surface area (Å²) in [5.74, 6) is -2.73. The molecule has 0 spiro atoms. The molecule has 0 atom stereocenters. The van der Waals surface area contributed by atoms with Crippen molar-refractivity contribution in [1.82, 2.24) is 0 Å². The van der Waals surface area contributed by atoms with Crippen LogP contribution in [0.1, 0.15) is 5.56 Å². The van der Waals surface area contributed by atoms with Gasteiger partial charge in [0.2, 0.25) is 5.91 Å². The molecule has 104 valence electrons. The van der Waals surface area contributed by atoms with Gasteiger partial charge in [-0.2, -0.15) is 0 Å². The van der Waals surface area contributed by atoms with E-state index in [1.165, 1.54) is 24.3 Å². The largest absolute Gasteiger partial charge is 0.396 e. The van der Waals surface area contributed by atoms with Crippen molar-refractivity contribution in [2.45, 2.75) is 6.42 Å². The fraction of sp³-hybridized carbons (Fsp3) is 0.0714. The van der Waals surface area contributed by atoms with Crippen molar-refractivity contribution in [2.24, 2.45) is 0 Å². The molecule has 2 aromatic carbocycles. The number of hydrogen-bond acceptors (Lipinski definition) is 2. The van der Waals surface area contributed by atoms with E-state index in [2.05, 4.69) is 5.32 Å². The zero-order valence-corrected chi connectivity index (χ0v) is 10.3. The minimum absolute atomic E-state index is 0.0585. The SMILES string of the molecule is Nc1cc(NC(=O)Cc2ccc(F)cc2)c(F)cc1F. The molecule has 0 saturated carbocycles. The predicted octanol–water partition coefficient (Wildman–Crippen LogP) is 2.87. The number of hydrogen-bond donors (Lipinski definition) is 2. The van der Waals surface area contributed by atoms with Gasteiger partial charge >= 0.3 is 0 Å². The number of amides is 1. The first kappa shape index (κ1) is 13.9. The van der Waals surface area contributed by atoms with Crippen LogP contribution in [0.3, 0.4) is 0 Å². The molecule has 2 rings (SSSR count). The first-order valence-corrected chi connectivity index (χ1v) is 5.74. The molecule has 0 saturated heterocycles. The highest BCUT2D eigenvalue weighted by Gasteiger charge is 2.11. The Bertz CT molecular complexity index is 642. The van der Waals surface area contributed by atoms with Crippen molar-refractivity contribution in [1.29, 1.82) is 0 Å². The molecule has 0 aromatic heterocycles. The minimum Gasteiger partial charge on any atom is -0.396 e. The monoisotopic (exact) mass is 280 g/mol. The minimum atomic E-state index is -0.913. The van der Waals surface area contributed by atoms with Crippen LogP contribution in [0, 0.1) is 17.5 Å². The van der Waals surface area contributed by atoms with E-state index in [1.54, 1.807) is 0 Å². The van der Waals surface area contributed by atoms with Crippen LogP contribution in [0.4, 0.5) is 24.5 Å². The zero-order chi connectivity index (χ0) is 14.7. The fourth-order valence-electron chi connectivity index (χ4n) is 1.64. The van der Waals surface area contributed by atoms with Crippen LogP contribution in [-0.2, 0) is 11.2 Å².